The zero-order valence-corrected chi connectivity index (χ0v) is 15.8. The molecule has 1 saturated heterocycles. The number of anilines is 5. The number of benzene rings is 1. The summed E-state index contributed by atoms with van der Waals surface area (Å²) in [5.74, 6) is 3.74. The second-order valence-electron chi connectivity index (χ2n) is 6.81. The van der Waals surface area contributed by atoms with Gasteiger partial charge in [-0.2, -0.15) is 0 Å². The highest BCUT2D eigenvalue weighted by molar-refractivity contribution is 5.79. The van der Waals surface area contributed by atoms with Crippen molar-refractivity contribution >= 4 is 28.8 Å². The molecule has 2 aromatic heterocycles. The molecule has 148 valence electrons. The van der Waals surface area contributed by atoms with Crippen molar-refractivity contribution < 1.29 is 9.47 Å². The fourth-order valence-electron chi connectivity index (χ4n) is 3.54. The molecule has 0 aliphatic carbocycles. The molecule has 1 fully saturated rings. The van der Waals surface area contributed by atoms with Gasteiger partial charge in [-0.3, -0.25) is 0 Å². The van der Waals surface area contributed by atoms with Gasteiger partial charge in [-0.15, -0.1) is 0 Å². The Morgan fingerprint density at radius 1 is 0.897 bits per heavy atom. The van der Waals surface area contributed by atoms with E-state index in [1.807, 2.05) is 42.6 Å². The Hall–Kier alpha value is -3.75. The molecule has 0 saturated carbocycles. The number of ether oxygens (including phenoxy) is 2. The van der Waals surface area contributed by atoms with Crippen molar-refractivity contribution in [2.45, 2.75) is 0 Å². The van der Waals surface area contributed by atoms with Gasteiger partial charge in [-0.1, -0.05) is 6.07 Å². The van der Waals surface area contributed by atoms with Crippen molar-refractivity contribution in [3.8, 4) is 11.5 Å². The van der Waals surface area contributed by atoms with Crippen LogP contribution in [0.1, 0.15) is 0 Å². The SMILES string of the molecule is Nc1c(Nc2ccc3c(c2)OCO3)ncnc1N1CCN(c2ccccn2)CC1. The molecule has 0 spiro atoms. The number of hydrogen-bond acceptors (Lipinski definition) is 9. The highest BCUT2D eigenvalue weighted by Crippen LogP contribution is 2.36. The lowest BCUT2D eigenvalue weighted by atomic mass is 10.2. The first-order valence-electron chi connectivity index (χ1n) is 9.46. The maximum atomic E-state index is 6.41. The molecular weight excluding hydrogens is 370 g/mol. The number of aromatic nitrogens is 3. The molecule has 0 atom stereocenters. The van der Waals surface area contributed by atoms with Gasteiger partial charge in [-0.25, -0.2) is 15.0 Å². The molecule has 5 rings (SSSR count). The van der Waals surface area contributed by atoms with Crippen molar-refractivity contribution in [1.29, 1.82) is 0 Å². The van der Waals surface area contributed by atoms with Crippen LogP contribution in [0.5, 0.6) is 11.5 Å². The summed E-state index contributed by atoms with van der Waals surface area (Å²) in [5.41, 5.74) is 7.76. The van der Waals surface area contributed by atoms with Gasteiger partial charge in [0.1, 0.15) is 17.8 Å². The van der Waals surface area contributed by atoms with Crippen LogP contribution in [-0.2, 0) is 0 Å². The van der Waals surface area contributed by atoms with Crippen molar-refractivity contribution in [1.82, 2.24) is 15.0 Å². The molecular formula is C20H21N7O2. The molecule has 2 aliphatic rings. The van der Waals surface area contributed by atoms with Crippen molar-refractivity contribution in [2.75, 3.05) is 53.8 Å². The van der Waals surface area contributed by atoms with Crippen LogP contribution in [0.15, 0.2) is 48.9 Å². The second kappa shape index (κ2) is 7.34. The Labute approximate surface area is 168 Å². The van der Waals surface area contributed by atoms with Crippen molar-refractivity contribution in [3.05, 3.63) is 48.9 Å². The summed E-state index contributed by atoms with van der Waals surface area (Å²) >= 11 is 0. The zero-order valence-electron chi connectivity index (χ0n) is 15.8. The third-order valence-electron chi connectivity index (χ3n) is 5.05. The minimum Gasteiger partial charge on any atom is -0.454 e. The number of nitrogens with zero attached hydrogens (tertiary/aromatic N) is 5. The normalized spacial score (nSPS) is 15.4. The Kier molecular flexibility index (Phi) is 4.39. The number of piperazine rings is 1. The smallest absolute Gasteiger partial charge is 0.231 e. The predicted molar refractivity (Wildman–Crippen MR) is 111 cm³/mol. The van der Waals surface area contributed by atoms with Gasteiger partial charge in [-0.05, 0) is 24.3 Å². The molecule has 3 N–H and O–H groups in total. The summed E-state index contributed by atoms with van der Waals surface area (Å²) in [4.78, 5) is 17.6. The molecule has 29 heavy (non-hydrogen) atoms. The quantitative estimate of drug-likeness (QED) is 0.693. The Balaban J connectivity index is 1.31. The monoisotopic (exact) mass is 391 g/mol. The van der Waals surface area contributed by atoms with Gasteiger partial charge in [0.25, 0.3) is 0 Å². The summed E-state index contributed by atoms with van der Waals surface area (Å²) in [7, 11) is 0. The molecule has 0 unspecified atom stereocenters. The summed E-state index contributed by atoms with van der Waals surface area (Å²) in [6.07, 6.45) is 3.35. The first-order valence-corrected chi connectivity index (χ1v) is 9.46. The summed E-state index contributed by atoms with van der Waals surface area (Å²) in [5, 5.41) is 3.26. The fraction of sp³-hybridized carbons (Fsp3) is 0.250. The number of nitrogens with one attached hydrogen (secondary N) is 1. The van der Waals surface area contributed by atoms with E-state index in [1.54, 1.807) is 0 Å². The summed E-state index contributed by atoms with van der Waals surface area (Å²) < 4.78 is 10.8. The van der Waals surface area contributed by atoms with E-state index < -0.39 is 0 Å². The number of hydrogen-bond donors (Lipinski definition) is 2. The van der Waals surface area contributed by atoms with Crippen LogP contribution in [0, 0.1) is 0 Å². The zero-order chi connectivity index (χ0) is 19.6. The number of nitrogens with two attached hydrogens (primary N) is 1. The summed E-state index contributed by atoms with van der Waals surface area (Å²) in [6, 6.07) is 11.6. The number of pyridine rings is 1. The third-order valence-corrected chi connectivity index (χ3v) is 5.05. The van der Waals surface area contributed by atoms with Gasteiger partial charge >= 0.3 is 0 Å². The van der Waals surface area contributed by atoms with Crippen molar-refractivity contribution in [2.24, 2.45) is 0 Å². The van der Waals surface area contributed by atoms with Gasteiger partial charge in [0.15, 0.2) is 23.1 Å². The van der Waals surface area contributed by atoms with E-state index in [2.05, 4.69) is 30.1 Å². The molecule has 9 heteroatoms. The second-order valence-corrected chi connectivity index (χ2v) is 6.81. The summed E-state index contributed by atoms with van der Waals surface area (Å²) in [6.45, 7) is 3.56. The van der Waals surface area contributed by atoms with Crippen LogP contribution in [0.4, 0.5) is 28.8 Å². The lowest BCUT2D eigenvalue weighted by Gasteiger charge is -2.36. The van der Waals surface area contributed by atoms with Gasteiger partial charge in [0, 0.05) is 44.1 Å². The van der Waals surface area contributed by atoms with E-state index in [0.29, 0.717) is 17.3 Å². The van der Waals surface area contributed by atoms with E-state index >= 15 is 0 Å². The molecule has 4 heterocycles. The minimum absolute atomic E-state index is 0.239. The average Bonchev–Trinajstić information content (AvgIpc) is 3.24. The highest BCUT2D eigenvalue weighted by atomic mass is 16.7. The average molecular weight is 391 g/mol. The van der Waals surface area contributed by atoms with Gasteiger partial charge in [0.2, 0.25) is 6.79 Å². The van der Waals surface area contributed by atoms with E-state index in [-0.39, 0.29) is 6.79 Å². The third kappa shape index (κ3) is 3.42. The Bertz CT molecular complexity index is 1010. The lowest BCUT2D eigenvalue weighted by Crippen LogP contribution is -2.47. The standard InChI is InChI=1S/C20H21N7O2/c21-18-19(25-14-4-5-15-16(11-14)29-13-28-15)23-12-24-20(18)27-9-7-26(8-10-27)17-3-1-2-6-22-17/h1-6,11-12H,7-10,13,21H2,(H,23,24,25). The van der Waals surface area contributed by atoms with Crippen molar-refractivity contribution in [3.63, 3.8) is 0 Å². The first kappa shape index (κ1) is 17.4. The molecule has 2 aliphatic heterocycles. The largest absolute Gasteiger partial charge is 0.454 e. The van der Waals surface area contributed by atoms with Crippen LogP contribution >= 0.6 is 0 Å². The van der Waals surface area contributed by atoms with Crippen LogP contribution < -0.4 is 30.3 Å². The van der Waals surface area contributed by atoms with Crippen LogP contribution in [0.25, 0.3) is 0 Å². The molecule has 1 aromatic carbocycles. The van der Waals surface area contributed by atoms with Gasteiger partial charge < -0.3 is 30.3 Å². The lowest BCUT2D eigenvalue weighted by molar-refractivity contribution is 0.174. The number of nitrogen functional groups attached to an aromatic ring is 1. The molecule has 9 nitrogen and oxygen atoms in total. The predicted octanol–water partition coefficient (Wildman–Crippen LogP) is 2.25. The van der Waals surface area contributed by atoms with E-state index in [9.17, 15) is 0 Å². The fourth-order valence-corrected chi connectivity index (χ4v) is 3.54. The molecule has 3 aromatic rings. The van der Waals surface area contributed by atoms with Crippen LogP contribution in [0.3, 0.4) is 0 Å². The maximum absolute atomic E-state index is 6.41. The maximum Gasteiger partial charge on any atom is 0.231 e. The van der Waals surface area contributed by atoms with E-state index in [4.69, 9.17) is 15.2 Å². The molecule has 0 bridgehead atoms. The van der Waals surface area contributed by atoms with E-state index in [0.717, 1.165) is 49.3 Å². The van der Waals surface area contributed by atoms with Gasteiger partial charge in [0.05, 0.1) is 0 Å². The van der Waals surface area contributed by atoms with E-state index in [1.165, 1.54) is 6.33 Å². The molecule has 0 radical (unpaired) electrons. The minimum atomic E-state index is 0.239. The first-order chi connectivity index (χ1) is 14.3. The van der Waals surface area contributed by atoms with Crippen LogP contribution in [-0.4, -0.2) is 47.9 Å². The molecule has 0 amide bonds. The topological polar surface area (TPSA) is 102 Å². The van der Waals surface area contributed by atoms with Crippen LogP contribution in [0.2, 0.25) is 0 Å². The number of rotatable bonds is 4. The Morgan fingerprint density at radius 3 is 2.55 bits per heavy atom. The highest BCUT2D eigenvalue weighted by Gasteiger charge is 2.22. The number of fused-ring (bicyclic) bond motifs is 1. The Morgan fingerprint density at radius 2 is 1.72 bits per heavy atom.